The van der Waals surface area contributed by atoms with Crippen LogP contribution in [0.2, 0.25) is 5.02 Å². The highest BCUT2D eigenvalue weighted by molar-refractivity contribution is 7.99. The average molecular weight is 416 g/mol. The summed E-state index contributed by atoms with van der Waals surface area (Å²) in [6.07, 6.45) is 3.03. The Morgan fingerprint density at radius 1 is 1.18 bits per heavy atom. The Balaban J connectivity index is 1.89. The van der Waals surface area contributed by atoms with Gasteiger partial charge in [0.2, 0.25) is 5.91 Å². The lowest BCUT2D eigenvalue weighted by atomic mass is 10.1. The average Bonchev–Trinajstić information content (AvgIpc) is 3.12. The fraction of sp³-hybridized carbons (Fsp3) is 0.273. The zero-order chi connectivity index (χ0) is 20.1. The molecule has 1 fully saturated rings. The minimum Gasteiger partial charge on any atom is -0.461 e. The van der Waals surface area contributed by atoms with Crippen molar-refractivity contribution in [3.63, 3.8) is 0 Å². The van der Waals surface area contributed by atoms with E-state index in [1.54, 1.807) is 30.9 Å². The summed E-state index contributed by atoms with van der Waals surface area (Å²) in [6.45, 7) is 3.60. The van der Waals surface area contributed by atoms with Crippen LogP contribution in [-0.2, 0) is 14.3 Å². The zero-order valence-electron chi connectivity index (χ0n) is 15.7. The molecule has 2 aromatic carbocycles. The molecule has 4 nitrogen and oxygen atoms in total. The van der Waals surface area contributed by atoms with Crippen molar-refractivity contribution in [3.8, 4) is 0 Å². The lowest BCUT2D eigenvalue weighted by Gasteiger charge is -2.28. The number of nitrogens with zero attached hydrogens (tertiary/aromatic N) is 1. The van der Waals surface area contributed by atoms with Crippen molar-refractivity contribution in [2.75, 3.05) is 5.75 Å². The van der Waals surface area contributed by atoms with Crippen LogP contribution in [0, 0.1) is 0 Å². The normalized spacial score (nSPS) is 19.4. The van der Waals surface area contributed by atoms with Gasteiger partial charge in [0.05, 0.1) is 6.10 Å². The van der Waals surface area contributed by atoms with E-state index in [9.17, 15) is 9.59 Å². The highest BCUT2D eigenvalue weighted by atomic mass is 35.5. The molecule has 0 spiro atoms. The predicted molar refractivity (Wildman–Crippen MR) is 114 cm³/mol. The van der Waals surface area contributed by atoms with Gasteiger partial charge in [-0.2, -0.15) is 0 Å². The maximum absolute atomic E-state index is 13.1. The molecular weight excluding hydrogens is 394 g/mol. The van der Waals surface area contributed by atoms with Crippen LogP contribution in [0.25, 0.3) is 6.08 Å². The van der Waals surface area contributed by atoms with Crippen LogP contribution in [0.15, 0.2) is 60.7 Å². The maximum Gasteiger partial charge on any atom is 0.330 e. The van der Waals surface area contributed by atoms with E-state index in [0.717, 1.165) is 11.1 Å². The largest absolute Gasteiger partial charge is 0.461 e. The Bertz CT molecular complexity index is 869. The van der Waals surface area contributed by atoms with Gasteiger partial charge in [0.15, 0.2) is 0 Å². The molecule has 0 unspecified atom stereocenters. The van der Waals surface area contributed by atoms with Crippen LogP contribution >= 0.6 is 23.4 Å². The minimum atomic E-state index is -0.635. The number of thioether (sulfide) groups is 1. The van der Waals surface area contributed by atoms with Crippen LogP contribution in [0.3, 0.4) is 0 Å². The number of carbonyl (C=O) groups excluding carboxylic acids is 2. The highest BCUT2D eigenvalue weighted by Gasteiger charge is 2.42. The van der Waals surface area contributed by atoms with Crippen molar-refractivity contribution in [3.05, 3.63) is 76.8 Å². The van der Waals surface area contributed by atoms with E-state index < -0.39 is 6.04 Å². The molecule has 28 heavy (non-hydrogen) atoms. The molecule has 1 saturated heterocycles. The first-order valence-electron chi connectivity index (χ1n) is 9.08. The summed E-state index contributed by atoms with van der Waals surface area (Å²) in [5.41, 5.74) is 1.81. The van der Waals surface area contributed by atoms with Crippen molar-refractivity contribution in [1.82, 2.24) is 4.90 Å². The smallest absolute Gasteiger partial charge is 0.330 e. The number of rotatable bonds is 5. The Morgan fingerprint density at radius 3 is 2.61 bits per heavy atom. The molecule has 1 heterocycles. The number of esters is 1. The molecule has 0 radical (unpaired) electrons. The zero-order valence-corrected chi connectivity index (χ0v) is 17.3. The van der Waals surface area contributed by atoms with Gasteiger partial charge in [0, 0.05) is 16.9 Å². The third-order valence-corrected chi connectivity index (χ3v) is 5.79. The molecule has 0 aromatic heterocycles. The molecule has 2 aromatic rings. The lowest BCUT2D eigenvalue weighted by Crippen LogP contribution is -2.43. The van der Waals surface area contributed by atoms with Crippen molar-refractivity contribution < 1.29 is 14.3 Å². The van der Waals surface area contributed by atoms with Crippen LogP contribution in [-0.4, -0.2) is 34.7 Å². The molecular formula is C22H22ClNO3S. The fourth-order valence-electron chi connectivity index (χ4n) is 3.00. The topological polar surface area (TPSA) is 46.6 Å². The highest BCUT2D eigenvalue weighted by Crippen LogP contribution is 2.42. The molecule has 2 atom stereocenters. The van der Waals surface area contributed by atoms with Crippen LogP contribution in [0.1, 0.15) is 30.3 Å². The van der Waals surface area contributed by atoms with E-state index in [-0.39, 0.29) is 23.4 Å². The van der Waals surface area contributed by atoms with Gasteiger partial charge in [-0.25, -0.2) is 4.79 Å². The van der Waals surface area contributed by atoms with Gasteiger partial charge in [-0.15, -0.1) is 11.8 Å². The van der Waals surface area contributed by atoms with Gasteiger partial charge in [0.1, 0.15) is 11.4 Å². The van der Waals surface area contributed by atoms with E-state index in [2.05, 4.69) is 0 Å². The molecule has 6 heteroatoms. The summed E-state index contributed by atoms with van der Waals surface area (Å²) in [7, 11) is 0. The molecule has 0 N–H and O–H groups in total. The Morgan fingerprint density at radius 2 is 1.93 bits per heavy atom. The van der Waals surface area contributed by atoms with Gasteiger partial charge < -0.3 is 9.64 Å². The monoisotopic (exact) mass is 415 g/mol. The first-order valence-corrected chi connectivity index (χ1v) is 10.5. The molecule has 1 aliphatic heterocycles. The van der Waals surface area contributed by atoms with E-state index in [1.165, 1.54) is 17.8 Å². The predicted octanol–water partition coefficient (Wildman–Crippen LogP) is 4.95. The third-order valence-electron chi connectivity index (χ3n) is 4.23. The van der Waals surface area contributed by atoms with Gasteiger partial charge in [0.25, 0.3) is 0 Å². The van der Waals surface area contributed by atoms with E-state index in [0.29, 0.717) is 10.8 Å². The van der Waals surface area contributed by atoms with E-state index in [4.69, 9.17) is 16.3 Å². The second kappa shape index (κ2) is 9.30. The summed E-state index contributed by atoms with van der Waals surface area (Å²) >= 11 is 7.68. The van der Waals surface area contributed by atoms with Crippen molar-refractivity contribution in [2.24, 2.45) is 0 Å². The van der Waals surface area contributed by atoms with E-state index in [1.807, 2.05) is 48.5 Å². The van der Waals surface area contributed by atoms with Crippen LogP contribution < -0.4 is 0 Å². The summed E-state index contributed by atoms with van der Waals surface area (Å²) in [5, 5.41) is 0.301. The number of halogens is 1. The number of hydrogen-bond acceptors (Lipinski definition) is 4. The van der Waals surface area contributed by atoms with Gasteiger partial charge >= 0.3 is 5.97 Å². The van der Waals surface area contributed by atoms with Gasteiger partial charge in [-0.1, -0.05) is 54.1 Å². The molecule has 0 bridgehead atoms. The van der Waals surface area contributed by atoms with Crippen LogP contribution in [0.4, 0.5) is 0 Å². The Kier molecular flexibility index (Phi) is 6.81. The van der Waals surface area contributed by atoms with Gasteiger partial charge in [-0.05, 0) is 43.2 Å². The number of amides is 1. The number of benzene rings is 2. The molecule has 1 amide bonds. The molecule has 0 saturated carbocycles. The molecule has 0 aliphatic carbocycles. The SMILES string of the molecule is CC(C)OC(=O)[C@H]1CS[C@H](c2cccc(Cl)c2)N1C(=O)/C=C/c1ccccc1. The quantitative estimate of drug-likeness (QED) is 0.512. The Labute approximate surface area is 174 Å². The summed E-state index contributed by atoms with van der Waals surface area (Å²) < 4.78 is 5.39. The van der Waals surface area contributed by atoms with E-state index >= 15 is 0 Å². The van der Waals surface area contributed by atoms with Gasteiger partial charge in [-0.3, -0.25) is 4.79 Å². The van der Waals surface area contributed by atoms with Crippen molar-refractivity contribution >= 4 is 41.3 Å². The second-order valence-electron chi connectivity index (χ2n) is 6.73. The summed E-state index contributed by atoms with van der Waals surface area (Å²) in [4.78, 5) is 27.3. The lowest BCUT2D eigenvalue weighted by molar-refractivity contribution is -0.156. The van der Waals surface area contributed by atoms with Crippen molar-refractivity contribution in [2.45, 2.75) is 31.4 Å². The summed E-state index contributed by atoms with van der Waals surface area (Å²) in [6, 6.07) is 16.3. The summed E-state index contributed by atoms with van der Waals surface area (Å²) in [5.74, 6) is -0.133. The molecule has 3 rings (SSSR count). The fourth-order valence-corrected chi connectivity index (χ4v) is 4.61. The number of ether oxygens (including phenoxy) is 1. The second-order valence-corrected chi connectivity index (χ2v) is 8.28. The Hall–Kier alpha value is -2.24. The number of hydrogen-bond donors (Lipinski definition) is 0. The first kappa shape index (κ1) is 20.5. The first-order chi connectivity index (χ1) is 13.5. The maximum atomic E-state index is 13.1. The minimum absolute atomic E-state index is 0.232. The number of carbonyl (C=O) groups is 2. The van der Waals surface area contributed by atoms with Crippen LogP contribution in [0.5, 0.6) is 0 Å². The molecule has 1 aliphatic rings. The standard InChI is InChI=1S/C22H22ClNO3S/c1-15(2)27-22(26)19-14-28-21(17-9-6-10-18(23)13-17)24(19)20(25)12-11-16-7-4-3-5-8-16/h3-13,15,19,21H,14H2,1-2H3/b12-11+/t19-,21-/m1/s1. The third kappa shape index (κ3) is 4.97. The van der Waals surface area contributed by atoms with Crippen molar-refractivity contribution in [1.29, 1.82) is 0 Å². The molecule has 146 valence electrons.